The van der Waals surface area contributed by atoms with Crippen LogP contribution in [0.3, 0.4) is 0 Å². The summed E-state index contributed by atoms with van der Waals surface area (Å²) in [6.45, 7) is 0. The largest absolute Gasteiger partial charge is 0.618 e. The molecule has 1 amide bonds. The number of carbonyl (C=O) groups excluding carboxylic acids is 1. The third-order valence-electron chi connectivity index (χ3n) is 4.74. The fraction of sp³-hybridized carbons (Fsp3) is 0.625. The van der Waals surface area contributed by atoms with E-state index in [1.807, 2.05) is 4.90 Å². The van der Waals surface area contributed by atoms with Gasteiger partial charge in [0.15, 0.2) is 16.0 Å². The van der Waals surface area contributed by atoms with Gasteiger partial charge < -0.3 is 10.1 Å². The lowest BCUT2D eigenvalue weighted by Gasteiger charge is -2.34. The van der Waals surface area contributed by atoms with Crippen molar-refractivity contribution in [1.82, 2.24) is 4.90 Å². The van der Waals surface area contributed by atoms with Crippen LogP contribution in [0.25, 0.3) is 0 Å². The van der Waals surface area contributed by atoms with Crippen LogP contribution in [0.15, 0.2) is 29.4 Å². The second-order valence-electron chi connectivity index (χ2n) is 6.45. The van der Waals surface area contributed by atoms with E-state index in [1.54, 1.807) is 18.2 Å². The molecule has 24 heavy (non-hydrogen) atoms. The topological polar surface area (TPSA) is 81.4 Å². The first kappa shape index (κ1) is 17.5. The molecule has 3 rings (SSSR count). The number of hydrogen-bond acceptors (Lipinski definition) is 5. The lowest BCUT2D eigenvalue weighted by Crippen LogP contribution is -2.47. The predicted octanol–water partition coefficient (Wildman–Crippen LogP) is 1.37. The summed E-state index contributed by atoms with van der Waals surface area (Å²) >= 11 is 1.21. The molecule has 0 spiro atoms. The fourth-order valence-corrected chi connectivity index (χ4v) is 6.11. The van der Waals surface area contributed by atoms with E-state index in [9.17, 15) is 18.4 Å². The molecule has 1 aromatic heterocycles. The van der Waals surface area contributed by atoms with Gasteiger partial charge in [0.05, 0.1) is 17.3 Å². The first-order chi connectivity index (χ1) is 11.5. The highest BCUT2D eigenvalue weighted by Crippen LogP contribution is 2.30. The van der Waals surface area contributed by atoms with Gasteiger partial charge in [0, 0.05) is 24.2 Å². The summed E-state index contributed by atoms with van der Waals surface area (Å²) in [5.41, 5.74) is 0. The quantitative estimate of drug-likeness (QED) is 0.444. The Hall–Kier alpha value is -1.28. The molecule has 1 aliphatic heterocycles. The molecule has 132 valence electrons. The van der Waals surface area contributed by atoms with E-state index in [4.69, 9.17) is 0 Å². The normalized spacial score (nSPS) is 23.4. The Balaban J connectivity index is 1.70. The Morgan fingerprint density at radius 2 is 2.00 bits per heavy atom. The average Bonchev–Trinajstić information content (AvgIpc) is 3.17. The van der Waals surface area contributed by atoms with E-state index >= 15 is 0 Å². The molecule has 1 unspecified atom stereocenters. The summed E-state index contributed by atoms with van der Waals surface area (Å²) in [5.74, 6) is 0.352. The molecule has 2 aliphatic rings. The van der Waals surface area contributed by atoms with E-state index in [-0.39, 0.29) is 35.2 Å². The van der Waals surface area contributed by atoms with Crippen LogP contribution < -0.4 is 4.73 Å². The minimum atomic E-state index is -3.03. The Morgan fingerprint density at radius 3 is 2.62 bits per heavy atom. The van der Waals surface area contributed by atoms with Crippen molar-refractivity contribution in [2.75, 3.05) is 17.3 Å². The number of carbonyl (C=O) groups is 1. The predicted molar refractivity (Wildman–Crippen MR) is 92.3 cm³/mol. The number of sulfone groups is 1. The Labute approximate surface area is 146 Å². The molecule has 8 heteroatoms. The van der Waals surface area contributed by atoms with E-state index in [2.05, 4.69) is 0 Å². The summed E-state index contributed by atoms with van der Waals surface area (Å²) < 4.78 is 24.4. The van der Waals surface area contributed by atoms with Crippen molar-refractivity contribution in [2.24, 2.45) is 0 Å². The number of pyridine rings is 1. The van der Waals surface area contributed by atoms with Crippen LogP contribution in [-0.2, 0) is 14.6 Å². The standard InChI is InChI=1S/C16H22N2O4S2/c19-15(11-23-16-7-3-4-9-17(16)20)18(13-5-1-2-6-13)14-8-10-24(21,22)12-14/h3-4,7,9,13-14H,1-2,5-6,8,10-12H2. The number of hydrogen-bond donors (Lipinski definition) is 0. The van der Waals surface area contributed by atoms with Crippen molar-refractivity contribution in [2.45, 2.75) is 49.2 Å². The molecule has 1 saturated carbocycles. The second kappa shape index (κ2) is 7.31. The molecule has 0 aromatic carbocycles. The van der Waals surface area contributed by atoms with Gasteiger partial charge in [0.1, 0.15) is 0 Å². The monoisotopic (exact) mass is 370 g/mol. The van der Waals surface area contributed by atoms with E-state index in [1.165, 1.54) is 18.0 Å². The van der Waals surface area contributed by atoms with Gasteiger partial charge in [-0.2, -0.15) is 4.73 Å². The van der Waals surface area contributed by atoms with Gasteiger partial charge in [-0.05, 0) is 37.1 Å². The minimum Gasteiger partial charge on any atom is -0.618 e. The van der Waals surface area contributed by atoms with Gasteiger partial charge in [-0.25, -0.2) is 8.42 Å². The van der Waals surface area contributed by atoms with Crippen LogP contribution in [0.2, 0.25) is 0 Å². The Morgan fingerprint density at radius 1 is 1.25 bits per heavy atom. The molecule has 6 nitrogen and oxygen atoms in total. The maximum absolute atomic E-state index is 12.8. The highest BCUT2D eigenvalue weighted by atomic mass is 32.2. The molecular weight excluding hydrogens is 348 g/mol. The molecule has 1 aromatic rings. The second-order valence-corrected chi connectivity index (χ2v) is 9.67. The van der Waals surface area contributed by atoms with Gasteiger partial charge in [-0.15, -0.1) is 0 Å². The lowest BCUT2D eigenvalue weighted by molar-refractivity contribution is -0.645. The number of nitrogens with zero attached hydrogens (tertiary/aromatic N) is 2. The summed E-state index contributed by atoms with van der Waals surface area (Å²) in [4.78, 5) is 14.6. The maximum Gasteiger partial charge on any atom is 0.251 e. The Kier molecular flexibility index (Phi) is 5.34. The molecule has 1 atom stereocenters. The summed E-state index contributed by atoms with van der Waals surface area (Å²) in [6.07, 6.45) is 5.99. The molecule has 2 fully saturated rings. The van der Waals surface area contributed by atoms with Crippen molar-refractivity contribution in [3.8, 4) is 0 Å². The van der Waals surface area contributed by atoms with Gasteiger partial charge >= 0.3 is 0 Å². The van der Waals surface area contributed by atoms with Crippen LogP contribution in [0.1, 0.15) is 32.1 Å². The zero-order valence-electron chi connectivity index (χ0n) is 13.5. The van der Waals surface area contributed by atoms with Crippen molar-refractivity contribution in [1.29, 1.82) is 0 Å². The molecule has 2 heterocycles. The third kappa shape index (κ3) is 4.03. The molecule has 0 N–H and O–H groups in total. The zero-order valence-corrected chi connectivity index (χ0v) is 15.1. The van der Waals surface area contributed by atoms with Crippen LogP contribution in [0.5, 0.6) is 0 Å². The van der Waals surface area contributed by atoms with Crippen molar-refractivity contribution < 1.29 is 17.9 Å². The van der Waals surface area contributed by atoms with Crippen molar-refractivity contribution >= 4 is 27.5 Å². The van der Waals surface area contributed by atoms with Gasteiger partial charge in [0.25, 0.3) is 5.03 Å². The van der Waals surface area contributed by atoms with Crippen molar-refractivity contribution in [3.63, 3.8) is 0 Å². The first-order valence-corrected chi connectivity index (χ1v) is 11.1. The molecule has 1 aliphatic carbocycles. The van der Waals surface area contributed by atoms with Crippen LogP contribution in [0.4, 0.5) is 0 Å². The molecular formula is C16H22N2O4S2. The maximum atomic E-state index is 12.8. The number of thioether (sulfide) groups is 1. The smallest absolute Gasteiger partial charge is 0.251 e. The van der Waals surface area contributed by atoms with Gasteiger partial charge in [0.2, 0.25) is 5.91 Å². The average molecular weight is 370 g/mol. The SMILES string of the molecule is O=C(CSc1cccc[n+]1[O-])N(C1CCCC1)C1CCS(=O)(=O)C1. The fourth-order valence-electron chi connectivity index (χ4n) is 3.62. The number of amides is 1. The van der Waals surface area contributed by atoms with Gasteiger partial charge in [-0.1, -0.05) is 12.8 Å². The molecule has 0 bridgehead atoms. The Bertz CT molecular complexity index is 702. The highest BCUT2D eigenvalue weighted by Gasteiger charge is 2.38. The molecule has 0 radical (unpaired) electrons. The van der Waals surface area contributed by atoms with Crippen LogP contribution >= 0.6 is 11.8 Å². The minimum absolute atomic E-state index is 0.0575. The van der Waals surface area contributed by atoms with Crippen LogP contribution in [0, 0.1) is 5.21 Å². The summed E-state index contributed by atoms with van der Waals surface area (Å²) in [6, 6.07) is 5.03. The van der Waals surface area contributed by atoms with E-state index in [0.717, 1.165) is 30.4 Å². The van der Waals surface area contributed by atoms with Gasteiger partial charge in [-0.3, -0.25) is 4.79 Å². The summed E-state index contributed by atoms with van der Waals surface area (Å²) in [5, 5.41) is 12.2. The first-order valence-electron chi connectivity index (χ1n) is 8.29. The zero-order chi connectivity index (χ0) is 17.2. The third-order valence-corrected chi connectivity index (χ3v) is 7.49. The van der Waals surface area contributed by atoms with E-state index < -0.39 is 9.84 Å². The number of rotatable bonds is 5. The number of aromatic nitrogens is 1. The lowest BCUT2D eigenvalue weighted by atomic mass is 10.1. The van der Waals surface area contributed by atoms with Crippen LogP contribution in [-0.4, -0.2) is 48.6 Å². The van der Waals surface area contributed by atoms with E-state index in [0.29, 0.717) is 11.4 Å². The highest BCUT2D eigenvalue weighted by molar-refractivity contribution is 7.99. The van der Waals surface area contributed by atoms with Crippen molar-refractivity contribution in [3.05, 3.63) is 29.6 Å². The summed E-state index contributed by atoms with van der Waals surface area (Å²) in [7, 11) is -3.03. The molecule has 1 saturated heterocycles.